The van der Waals surface area contributed by atoms with Crippen LogP contribution in [-0.4, -0.2) is 36.7 Å². The van der Waals surface area contributed by atoms with Gasteiger partial charge in [-0.1, -0.05) is 24.3 Å². The molecule has 4 amide bonds. The second-order valence-electron chi connectivity index (χ2n) is 9.82. The van der Waals surface area contributed by atoms with Crippen LogP contribution in [0.3, 0.4) is 0 Å². The van der Waals surface area contributed by atoms with Crippen molar-refractivity contribution in [3.8, 4) is 0 Å². The van der Waals surface area contributed by atoms with Crippen LogP contribution in [0.4, 0.5) is 0 Å². The highest BCUT2D eigenvalue weighted by molar-refractivity contribution is 5.96. The fourth-order valence-electron chi connectivity index (χ4n) is 4.77. The summed E-state index contributed by atoms with van der Waals surface area (Å²) in [4.78, 5) is 50.1. The van der Waals surface area contributed by atoms with Gasteiger partial charge >= 0.3 is 0 Å². The number of rotatable bonds is 0. The molecule has 1 saturated carbocycles. The van der Waals surface area contributed by atoms with Gasteiger partial charge in [0.15, 0.2) is 23.0 Å². The smallest absolute Gasteiger partial charge is 0.287 e. The first-order chi connectivity index (χ1) is 18.4. The van der Waals surface area contributed by atoms with Crippen LogP contribution in [0, 0.1) is 11.8 Å². The van der Waals surface area contributed by atoms with E-state index in [4.69, 9.17) is 8.83 Å². The van der Waals surface area contributed by atoms with Crippen molar-refractivity contribution in [3.63, 3.8) is 0 Å². The Kier molecular flexibility index (Phi) is 7.57. The topological polar surface area (TPSA) is 143 Å². The highest BCUT2D eigenvalue weighted by Crippen LogP contribution is 2.28. The Morgan fingerprint density at radius 2 is 0.789 bits per heavy atom. The summed E-state index contributed by atoms with van der Waals surface area (Å²) >= 11 is 0. The molecule has 0 saturated heterocycles. The summed E-state index contributed by atoms with van der Waals surface area (Å²) in [6.07, 6.45) is 3.72. The van der Waals surface area contributed by atoms with Crippen LogP contribution in [0.25, 0.3) is 0 Å². The number of hydrogen-bond donors (Lipinski definition) is 4. The van der Waals surface area contributed by atoms with E-state index in [0.717, 1.165) is 36.8 Å². The van der Waals surface area contributed by atoms with E-state index in [1.54, 1.807) is 0 Å². The molecule has 8 bridgehead atoms. The highest BCUT2D eigenvalue weighted by atomic mass is 16.4. The van der Waals surface area contributed by atoms with Crippen molar-refractivity contribution in [1.82, 2.24) is 21.3 Å². The fraction of sp³-hybridized carbons (Fsp3) is 0.357. The van der Waals surface area contributed by atoms with Gasteiger partial charge in [-0.3, -0.25) is 19.2 Å². The molecule has 5 aliphatic rings. The van der Waals surface area contributed by atoms with Gasteiger partial charge in [0.05, 0.1) is 0 Å². The van der Waals surface area contributed by atoms with Crippen molar-refractivity contribution in [2.75, 3.05) is 13.1 Å². The van der Waals surface area contributed by atoms with Gasteiger partial charge in [-0.2, -0.15) is 0 Å². The van der Waals surface area contributed by atoms with Crippen LogP contribution in [0.15, 0.2) is 57.4 Å². The van der Waals surface area contributed by atoms with E-state index < -0.39 is 11.8 Å². The van der Waals surface area contributed by atoms with Gasteiger partial charge in [0.2, 0.25) is 0 Å². The fourth-order valence-corrected chi connectivity index (χ4v) is 4.77. The Bertz CT molecular complexity index is 1220. The summed E-state index contributed by atoms with van der Waals surface area (Å²) in [6, 6.07) is 13.4. The Balaban J connectivity index is 1.28. The van der Waals surface area contributed by atoms with Crippen LogP contribution >= 0.6 is 0 Å². The van der Waals surface area contributed by atoms with Crippen LogP contribution in [0.1, 0.15) is 79.0 Å². The summed E-state index contributed by atoms with van der Waals surface area (Å²) < 4.78 is 11.0. The van der Waals surface area contributed by atoms with Gasteiger partial charge in [0.1, 0.15) is 0 Å². The summed E-state index contributed by atoms with van der Waals surface area (Å²) in [6.45, 7) is 1.59. The maximum absolute atomic E-state index is 12.5. The molecule has 0 atom stereocenters. The van der Waals surface area contributed by atoms with Gasteiger partial charge in [-0.15, -0.1) is 0 Å². The molecule has 0 spiro atoms. The lowest BCUT2D eigenvalue weighted by Crippen LogP contribution is -2.34. The average Bonchev–Trinajstić information content (AvgIpc) is 3.64. The predicted octanol–water partition coefficient (Wildman–Crippen LogP) is 3.01. The third-order valence-electron chi connectivity index (χ3n) is 7.11. The van der Waals surface area contributed by atoms with Crippen LogP contribution in [0.2, 0.25) is 0 Å². The van der Waals surface area contributed by atoms with E-state index >= 15 is 0 Å². The first kappa shape index (κ1) is 25.3. The molecular weight excluding hydrogens is 488 g/mol. The Hall–Kier alpha value is -4.34. The number of carbonyl (C=O) groups is 4. The van der Waals surface area contributed by atoms with Gasteiger partial charge in [0, 0.05) is 26.2 Å². The second-order valence-corrected chi connectivity index (χ2v) is 9.82. The minimum atomic E-state index is -0.412. The van der Waals surface area contributed by atoms with Crippen LogP contribution in [-0.2, 0) is 13.1 Å². The number of benzene rings is 1. The maximum Gasteiger partial charge on any atom is 0.287 e. The lowest BCUT2D eigenvalue weighted by Gasteiger charge is -2.28. The van der Waals surface area contributed by atoms with Crippen LogP contribution < -0.4 is 21.3 Å². The summed E-state index contributed by atoms with van der Waals surface area (Å²) in [5.74, 6) is -0.518. The minimum Gasteiger partial charge on any atom is -0.446 e. The predicted molar refractivity (Wildman–Crippen MR) is 136 cm³/mol. The Morgan fingerprint density at radius 3 is 1.13 bits per heavy atom. The van der Waals surface area contributed by atoms with Crippen molar-refractivity contribution < 1.29 is 28.0 Å². The average molecular weight is 519 g/mol. The molecule has 6 heterocycles. The number of carbonyl (C=O) groups excluding carboxylic acids is 4. The third-order valence-corrected chi connectivity index (χ3v) is 7.11. The molecular formula is C28H30N4O6. The van der Waals surface area contributed by atoms with E-state index in [0.29, 0.717) is 24.9 Å². The van der Waals surface area contributed by atoms with Crippen molar-refractivity contribution in [2.24, 2.45) is 11.8 Å². The van der Waals surface area contributed by atoms with Gasteiger partial charge < -0.3 is 30.1 Å². The molecule has 1 fully saturated rings. The molecule has 38 heavy (non-hydrogen) atoms. The Morgan fingerprint density at radius 1 is 0.474 bits per heavy atom. The van der Waals surface area contributed by atoms with Crippen molar-refractivity contribution in [1.29, 1.82) is 0 Å². The van der Waals surface area contributed by atoms with Gasteiger partial charge in [-0.05, 0) is 72.9 Å². The van der Waals surface area contributed by atoms with E-state index in [1.807, 2.05) is 24.3 Å². The lowest BCUT2D eigenvalue weighted by atomic mass is 9.82. The maximum atomic E-state index is 12.5. The molecule has 2 aromatic heterocycles. The quantitative estimate of drug-likeness (QED) is 0.360. The number of amides is 4. The molecule has 0 unspecified atom stereocenters. The van der Waals surface area contributed by atoms with Crippen LogP contribution in [0.5, 0.6) is 0 Å². The van der Waals surface area contributed by atoms with Gasteiger partial charge in [-0.25, -0.2) is 0 Å². The van der Waals surface area contributed by atoms with E-state index in [-0.39, 0.29) is 47.9 Å². The molecule has 1 aliphatic carbocycles. The third kappa shape index (κ3) is 6.13. The number of hydrogen-bond acceptors (Lipinski definition) is 6. The largest absolute Gasteiger partial charge is 0.446 e. The molecule has 4 N–H and O–H groups in total. The summed E-state index contributed by atoms with van der Waals surface area (Å²) in [7, 11) is 0. The second kappa shape index (κ2) is 11.4. The summed E-state index contributed by atoms with van der Waals surface area (Å²) in [5.41, 5.74) is 1.71. The summed E-state index contributed by atoms with van der Waals surface area (Å²) in [5, 5.41) is 11.4. The molecule has 4 aliphatic heterocycles. The zero-order valence-corrected chi connectivity index (χ0v) is 20.9. The normalized spacial score (nSPS) is 21.4. The molecule has 10 heteroatoms. The van der Waals surface area contributed by atoms with E-state index in [1.165, 1.54) is 24.3 Å². The zero-order valence-electron chi connectivity index (χ0n) is 20.9. The van der Waals surface area contributed by atoms with E-state index in [2.05, 4.69) is 21.3 Å². The SMILES string of the molecule is O=C1NCc2ccc(cc2)CNC(=O)c2ccc(o2)C(=O)NCC2CCC(CC2)CNC(=O)c2ccc1o2. The zero-order chi connectivity index (χ0) is 26.5. The van der Waals surface area contributed by atoms with E-state index in [9.17, 15) is 19.2 Å². The number of nitrogens with one attached hydrogen (secondary N) is 4. The monoisotopic (exact) mass is 518 g/mol. The molecule has 198 valence electrons. The lowest BCUT2D eigenvalue weighted by molar-refractivity contribution is 0.0872. The minimum absolute atomic E-state index is 0.0690. The van der Waals surface area contributed by atoms with Gasteiger partial charge in [0.25, 0.3) is 23.6 Å². The van der Waals surface area contributed by atoms with Crippen molar-refractivity contribution >= 4 is 23.6 Å². The standard InChI is InChI=1S/C28H30N4O6/c33-25-21-9-10-23(37-21)27(35)31-15-19-5-7-20(8-6-19)16-32-28(36)24-12-11-22(38-24)26(34)30-14-18-2-1-17(3-4-18)13-29-25/h1-4,9-12,19-20H,5-8,13-16H2,(H,29,33)(H,30,34)(H,31,35)(H,32,36). The first-order valence-electron chi connectivity index (χ1n) is 12.8. The first-order valence-corrected chi connectivity index (χ1v) is 12.8. The molecule has 0 radical (unpaired) electrons. The highest BCUT2D eigenvalue weighted by Gasteiger charge is 2.24. The Labute approximate surface area is 219 Å². The molecule has 3 aromatic rings. The number of furan rings is 2. The van der Waals surface area contributed by atoms with Crippen molar-refractivity contribution in [3.05, 3.63) is 82.7 Å². The molecule has 1 aromatic carbocycles. The molecule has 10 nitrogen and oxygen atoms in total. The van der Waals surface area contributed by atoms with Crippen molar-refractivity contribution in [2.45, 2.75) is 38.8 Å². The molecule has 8 rings (SSSR count).